The number of halogens is 2. The predicted octanol–water partition coefficient (Wildman–Crippen LogP) is 2.16. The van der Waals surface area contributed by atoms with Gasteiger partial charge in [0, 0.05) is 6.20 Å². The molecule has 98 valence electrons. The summed E-state index contributed by atoms with van der Waals surface area (Å²) in [5.74, 6) is -0.0388. The Kier molecular flexibility index (Phi) is 9.02. The molecule has 1 amide bonds. The molecule has 0 saturated heterocycles. The standard InChI is InChI=1S/C11H17N3O.2ClH/c1-7(2)10(12)11(15)14-9-6-13-5-4-8(9)3;;/h4-7,10H,12H2,1-3H3,(H,14,15);2*1H/t10-;;/m0../s1. The number of nitrogens with one attached hydrogen (secondary N) is 1. The van der Waals surface area contributed by atoms with Crippen LogP contribution < -0.4 is 11.1 Å². The third kappa shape index (κ3) is 5.35. The van der Waals surface area contributed by atoms with Crippen molar-refractivity contribution in [2.75, 3.05) is 5.32 Å². The number of carbonyl (C=O) groups excluding carboxylic acids is 1. The van der Waals surface area contributed by atoms with Gasteiger partial charge in [-0.2, -0.15) is 0 Å². The number of pyridine rings is 1. The first-order chi connectivity index (χ1) is 7.02. The largest absolute Gasteiger partial charge is 0.323 e. The SMILES string of the molecule is Cc1ccncc1NC(=O)[C@@H](N)C(C)C.Cl.Cl. The molecule has 0 unspecified atom stereocenters. The Balaban J connectivity index is 0. The smallest absolute Gasteiger partial charge is 0.241 e. The molecule has 1 atom stereocenters. The summed E-state index contributed by atoms with van der Waals surface area (Å²) >= 11 is 0. The molecule has 0 spiro atoms. The van der Waals surface area contributed by atoms with Gasteiger partial charge >= 0.3 is 0 Å². The van der Waals surface area contributed by atoms with E-state index in [-0.39, 0.29) is 36.6 Å². The van der Waals surface area contributed by atoms with E-state index >= 15 is 0 Å². The van der Waals surface area contributed by atoms with Crippen molar-refractivity contribution in [2.24, 2.45) is 11.7 Å². The van der Waals surface area contributed by atoms with Crippen molar-refractivity contribution < 1.29 is 4.79 Å². The van der Waals surface area contributed by atoms with E-state index in [0.717, 1.165) is 11.3 Å². The fourth-order valence-electron chi connectivity index (χ4n) is 1.11. The number of anilines is 1. The van der Waals surface area contributed by atoms with Crippen molar-refractivity contribution in [3.05, 3.63) is 24.0 Å². The minimum atomic E-state index is -0.482. The van der Waals surface area contributed by atoms with E-state index in [1.165, 1.54) is 0 Å². The summed E-state index contributed by atoms with van der Waals surface area (Å²) in [5, 5.41) is 2.76. The fraction of sp³-hybridized carbons (Fsp3) is 0.455. The molecule has 6 heteroatoms. The van der Waals surface area contributed by atoms with Crippen LogP contribution in [-0.2, 0) is 4.79 Å². The average Bonchev–Trinajstić information content (AvgIpc) is 2.20. The molecule has 0 bridgehead atoms. The van der Waals surface area contributed by atoms with Gasteiger partial charge in [0.2, 0.25) is 5.91 Å². The van der Waals surface area contributed by atoms with E-state index < -0.39 is 6.04 Å². The van der Waals surface area contributed by atoms with Crippen LogP contribution in [0.5, 0.6) is 0 Å². The van der Waals surface area contributed by atoms with E-state index in [4.69, 9.17) is 5.73 Å². The number of hydrogen-bond donors (Lipinski definition) is 2. The van der Waals surface area contributed by atoms with Gasteiger partial charge in [-0.1, -0.05) is 13.8 Å². The van der Waals surface area contributed by atoms with Gasteiger partial charge in [-0.05, 0) is 24.5 Å². The number of nitrogens with two attached hydrogens (primary N) is 1. The number of nitrogens with zero attached hydrogens (tertiary/aromatic N) is 1. The molecule has 0 aliphatic heterocycles. The third-order valence-corrected chi connectivity index (χ3v) is 2.32. The van der Waals surface area contributed by atoms with Crippen LogP contribution in [-0.4, -0.2) is 16.9 Å². The van der Waals surface area contributed by atoms with Crippen molar-refractivity contribution in [2.45, 2.75) is 26.8 Å². The summed E-state index contributed by atoms with van der Waals surface area (Å²) in [4.78, 5) is 15.6. The Bertz CT molecular complexity index is 358. The number of rotatable bonds is 3. The van der Waals surface area contributed by atoms with Gasteiger partial charge in [-0.3, -0.25) is 9.78 Å². The minimum Gasteiger partial charge on any atom is -0.323 e. The monoisotopic (exact) mass is 279 g/mol. The molecule has 0 radical (unpaired) electrons. The van der Waals surface area contributed by atoms with Gasteiger partial charge in [-0.25, -0.2) is 0 Å². The van der Waals surface area contributed by atoms with Crippen LogP contribution in [0.3, 0.4) is 0 Å². The van der Waals surface area contributed by atoms with Crippen molar-refractivity contribution in [3.8, 4) is 0 Å². The third-order valence-electron chi connectivity index (χ3n) is 2.32. The van der Waals surface area contributed by atoms with Crippen molar-refractivity contribution in [3.63, 3.8) is 0 Å². The van der Waals surface area contributed by atoms with Gasteiger partial charge in [0.05, 0.1) is 17.9 Å². The highest BCUT2D eigenvalue weighted by atomic mass is 35.5. The predicted molar refractivity (Wildman–Crippen MR) is 74.9 cm³/mol. The topological polar surface area (TPSA) is 68.0 Å². The lowest BCUT2D eigenvalue weighted by Crippen LogP contribution is -2.39. The summed E-state index contributed by atoms with van der Waals surface area (Å²) < 4.78 is 0. The zero-order chi connectivity index (χ0) is 11.4. The first-order valence-electron chi connectivity index (χ1n) is 4.99. The summed E-state index contributed by atoms with van der Waals surface area (Å²) in [6.07, 6.45) is 3.31. The van der Waals surface area contributed by atoms with E-state index in [2.05, 4.69) is 10.3 Å². The van der Waals surface area contributed by atoms with Crippen LogP contribution in [0.25, 0.3) is 0 Å². The van der Waals surface area contributed by atoms with Crippen molar-refractivity contribution in [1.82, 2.24) is 4.98 Å². The molecule has 17 heavy (non-hydrogen) atoms. The molecule has 1 aromatic heterocycles. The summed E-state index contributed by atoms with van der Waals surface area (Å²) in [6.45, 7) is 5.75. The number of hydrogen-bond acceptors (Lipinski definition) is 3. The highest BCUT2D eigenvalue weighted by Gasteiger charge is 2.17. The molecule has 3 N–H and O–H groups in total. The van der Waals surface area contributed by atoms with Gasteiger partial charge in [-0.15, -0.1) is 24.8 Å². The van der Waals surface area contributed by atoms with Crippen LogP contribution in [0.4, 0.5) is 5.69 Å². The molecule has 1 aromatic rings. The first-order valence-corrected chi connectivity index (χ1v) is 4.99. The molecule has 0 aromatic carbocycles. The zero-order valence-electron chi connectivity index (χ0n) is 10.1. The normalized spacial score (nSPS) is 11.1. The molecule has 1 rings (SSSR count). The fourth-order valence-corrected chi connectivity index (χ4v) is 1.11. The maximum atomic E-state index is 11.6. The summed E-state index contributed by atoms with van der Waals surface area (Å²) in [6, 6.07) is 1.36. The molecule has 0 aliphatic carbocycles. The van der Waals surface area contributed by atoms with E-state index in [9.17, 15) is 4.79 Å². The number of aromatic nitrogens is 1. The van der Waals surface area contributed by atoms with Gasteiger partial charge < -0.3 is 11.1 Å². The Hall–Kier alpha value is -0.840. The molecular formula is C11H19Cl2N3O. The molecule has 4 nitrogen and oxygen atoms in total. The second kappa shape index (κ2) is 8.28. The number of amides is 1. The number of carbonyl (C=O) groups is 1. The summed E-state index contributed by atoms with van der Waals surface area (Å²) in [7, 11) is 0. The Labute approximate surface area is 114 Å². The van der Waals surface area contributed by atoms with Gasteiger partial charge in [0.1, 0.15) is 0 Å². The molecule has 1 heterocycles. The van der Waals surface area contributed by atoms with E-state index in [1.54, 1.807) is 12.4 Å². The van der Waals surface area contributed by atoms with Crippen LogP contribution in [0, 0.1) is 12.8 Å². The van der Waals surface area contributed by atoms with Gasteiger partial charge in [0.15, 0.2) is 0 Å². The Morgan fingerprint density at radius 1 is 1.41 bits per heavy atom. The van der Waals surface area contributed by atoms with Crippen LogP contribution in [0.15, 0.2) is 18.5 Å². The molecule has 0 saturated carbocycles. The maximum absolute atomic E-state index is 11.6. The van der Waals surface area contributed by atoms with Crippen LogP contribution in [0.2, 0.25) is 0 Å². The maximum Gasteiger partial charge on any atom is 0.241 e. The molecule has 0 aliphatic rings. The second-order valence-electron chi connectivity index (χ2n) is 3.95. The zero-order valence-corrected chi connectivity index (χ0v) is 11.8. The minimum absolute atomic E-state index is 0. The van der Waals surface area contributed by atoms with Crippen LogP contribution >= 0.6 is 24.8 Å². The van der Waals surface area contributed by atoms with E-state index in [1.807, 2.05) is 26.8 Å². The van der Waals surface area contributed by atoms with Gasteiger partial charge in [0.25, 0.3) is 0 Å². The van der Waals surface area contributed by atoms with Crippen LogP contribution in [0.1, 0.15) is 19.4 Å². The lowest BCUT2D eigenvalue weighted by atomic mass is 10.0. The second-order valence-corrected chi connectivity index (χ2v) is 3.95. The number of aryl methyl sites for hydroxylation is 1. The molecular weight excluding hydrogens is 261 g/mol. The quantitative estimate of drug-likeness (QED) is 0.891. The van der Waals surface area contributed by atoms with E-state index in [0.29, 0.717) is 0 Å². The Morgan fingerprint density at radius 3 is 2.47 bits per heavy atom. The van der Waals surface area contributed by atoms with Crippen molar-refractivity contribution in [1.29, 1.82) is 0 Å². The highest BCUT2D eigenvalue weighted by Crippen LogP contribution is 2.12. The summed E-state index contributed by atoms with van der Waals surface area (Å²) in [5.41, 5.74) is 7.43. The lowest BCUT2D eigenvalue weighted by Gasteiger charge is -2.15. The highest BCUT2D eigenvalue weighted by molar-refractivity contribution is 5.95. The Morgan fingerprint density at radius 2 is 2.00 bits per heavy atom. The first kappa shape index (κ1) is 18.5. The van der Waals surface area contributed by atoms with Crippen molar-refractivity contribution >= 4 is 36.4 Å². The average molecular weight is 280 g/mol. The lowest BCUT2D eigenvalue weighted by molar-refractivity contribution is -0.118. The molecule has 0 fully saturated rings.